The predicted molar refractivity (Wildman–Crippen MR) is 75.2 cm³/mol. The zero-order valence-electron chi connectivity index (χ0n) is 10.5. The minimum absolute atomic E-state index is 0.0643. The minimum Gasteiger partial charge on any atom is -0.476 e. The second kappa shape index (κ2) is 4.14. The molecule has 3 aromatic rings. The maximum Gasteiger partial charge on any atom is 0.356 e. The Labute approximate surface area is 118 Å². The van der Waals surface area contributed by atoms with Crippen molar-refractivity contribution in [1.29, 1.82) is 0 Å². The second-order valence-corrected chi connectivity index (χ2v) is 5.71. The normalized spacial score (nSPS) is 14.8. The number of hydrogen-bond donors (Lipinski definition) is 1. The molecule has 1 N–H and O–H groups in total. The van der Waals surface area contributed by atoms with E-state index in [1.807, 2.05) is 11.4 Å². The number of carboxylic acid groups (broad SMARTS) is 1. The van der Waals surface area contributed by atoms with Crippen LogP contribution in [0.3, 0.4) is 0 Å². The lowest BCUT2D eigenvalue weighted by Gasteiger charge is -2.06. The first kappa shape index (κ1) is 11.6. The summed E-state index contributed by atoms with van der Waals surface area (Å²) >= 11 is 1.52. The Hall–Kier alpha value is -2.21. The van der Waals surface area contributed by atoms with Gasteiger partial charge >= 0.3 is 5.97 Å². The van der Waals surface area contributed by atoms with Gasteiger partial charge in [-0.2, -0.15) is 5.10 Å². The maximum atomic E-state index is 11.1. The largest absolute Gasteiger partial charge is 0.476 e. The molecule has 1 aliphatic carbocycles. The summed E-state index contributed by atoms with van der Waals surface area (Å²) in [6.45, 7) is 0. The van der Waals surface area contributed by atoms with Gasteiger partial charge in [0.2, 0.25) is 0 Å². The minimum atomic E-state index is -1.01. The molecule has 0 unspecified atom stereocenters. The van der Waals surface area contributed by atoms with E-state index in [0.29, 0.717) is 5.92 Å². The molecule has 0 amide bonds. The maximum absolute atomic E-state index is 11.1. The third-order valence-corrected chi connectivity index (χ3v) is 4.13. The van der Waals surface area contributed by atoms with Gasteiger partial charge in [-0.25, -0.2) is 14.3 Å². The average Bonchev–Trinajstić information content (AvgIpc) is 2.99. The molecule has 0 bridgehead atoms. The first-order valence-corrected chi connectivity index (χ1v) is 7.32. The fourth-order valence-corrected chi connectivity index (χ4v) is 2.95. The van der Waals surface area contributed by atoms with Crippen molar-refractivity contribution < 1.29 is 9.90 Å². The Morgan fingerprint density at radius 3 is 2.85 bits per heavy atom. The van der Waals surface area contributed by atoms with Crippen molar-refractivity contribution in [3.63, 3.8) is 0 Å². The fraction of sp³-hybridized carbons (Fsp3) is 0.214. The Bertz CT molecular complexity index is 803. The molecule has 4 rings (SSSR count). The quantitative estimate of drug-likeness (QED) is 0.803. The Balaban J connectivity index is 2.00. The van der Waals surface area contributed by atoms with Crippen LogP contribution in [0.4, 0.5) is 0 Å². The van der Waals surface area contributed by atoms with Gasteiger partial charge in [0.05, 0.1) is 22.4 Å². The van der Waals surface area contributed by atoms with Gasteiger partial charge in [-0.15, -0.1) is 11.3 Å². The van der Waals surface area contributed by atoms with Crippen molar-refractivity contribution in [1.82, 2.24) is 14.6 Å². The average molecular weight is 285 g/mol. The lowest BCUT2D eigenvalue weighted by atomic mass is 10.1. The molecule has 1 saturated carbocycles. The smallest absolute Gasteiger partial charge is 0.356 e. The molecular formula is C14H11N3O2S. The number of carbonyl (C=O) groups is 1. The molecule has 100 valence electrons. The molecule has 3 heterocycles. The predicted octanol–water partition coefficient (Wildman–Crippen LogP) is 3.03. The number of aromatic nitrogens is 3. The third kappa shape index (κ3) is 1.80. The molecule has 0 atom stereocenters. The van der Waals surface area contributed by atoms with Crippen LogP contribution in [0.15, 0.2) is 29.1 Å². The van der Waals surface area contributed by atoms with Crippen LogP contribution in [0.1, 0.15) is 34.8 Å². The Morgan fingerprint density at radius 1 is 1.35 bits per heavy atom. The van der Waals surface area contributed by atoms with Gasteiger partial charge < -0.3 is 5.11 Å². The highest BCUT2D eigenvalue weighted by molar-refractivity contribution is 7.07. The van der Waals surface area contributed by atoms with Crippen molar-refractivity contribution in [2.45, 2.75) is 18.8 Å². The van der Waals surface area contributed by atoms with Crippen molar-refractivity contribution in [2.75, 3.05) is 0 Å². The topological polar surface area (TPSA) is 67.5 Å². The van der Waals surface area contributed by atoms with Crippen LogP contribution in [0.2, 0.25) is 0 Å². The molecular weight excluding hydrogens is 274 g/mol. The van der Waals surface area contributed by atoms with E-state index in [9.17, 15) is 4.79 Å². The standard InChI is InChI=1S/C14H11N3O2S/c18-14(19)11-5-10-3-9(8-1-2-8)4-13(17(10)16-11)12-6-20-7-15-12/h3-8H,1-2H2,(H,18,19). The van der Waals surface area contributed by atoms with E-state index >= 15 is 0 Å². The Kier molecular flexibility index (Phi) is 2.40. The highest BCUT2D eigenvalue weighted by atomic mass is 32.1. The number of hydrogen-bond acceptors (Lipinski definition) is 4. The van der Waals surface area contributed by atoms with Crippen LogP contribution < -0.4 is 0 Å². The van der Waals surface area contributed by atoms with Crippen molar-refractivity contribution in [2.24, 2.45) is 0 Å². The summed E-state index contributed by atoms with van der Waals surface area (Å²) in [6, 6.07) is 5.73. The molecule has 0 saturated heterocycles. The van der Waals surface area contributed by atoms with Gasteiger partial charge in [0.1, 0.15) is 0 Å². The van der Waals surface area contributed by atoms with Gasteiger partial charge in [-0.05, 0) is 42.5 Å². The number of nitrogens with zero attached hydrogens (tertiary/aromatic N) is 3. The molecule has 0 spiro atoms. The van der Waals surface area contributed by atoms with E-state index in [1.165, 1.54) is 29.7 Å². The number of pyridine rings is 1. The first-order chi connectivity index (χ1) is 9.72. The SMILES string of the molecule is O=C(O)c1cc2cc(C3CC3)cc(-c3cscn3)n2n1. The lowest BCUT2D eigenvalue weighted by Crippen LogP contribution is -2.00. The van der Waals surface area contributed by atoms with E-state index in [0.717, 1.165) is 16.9 Å². The first-order valence-electron chi connectivity index (χ1n) is 6.38. The summed E-state index contributed by atoms with van der Waals surface area (Å²) in [5.74, 6) is -0.411. The highest BCUT2D eigenvalue weighted by Gasteiger charge is 2.25. The summed E-state index contributed by atoms with van der Waals surface area (Å²) in [7, 11) is 0. The van der Waals surface area contributed by atoms with E-state index < -0.39 is 5.97 Å². The summed E-state index contributed by atoms with van der Waals surface area (Å²) in [5.41, 5.74) is 5.59. The molecule has 1 fully saturated rings. The zero-order chi connectivity index (χ0) is 13.7. The number of aromatic carboxylic acids is 1. The number of rotatable bonds is 3. The van der Waals surface area contributed by atoms with Crippen molar-refractivity contribution in [3.05, 3.63) is 40.3 Å². The molecule has 20 heavy (non-hydrogen) atoms. The van der Waals surface area contributed by atoms with E-state index in [1.54, 1.807) is 16.1 Å². The van der Waals surface area contributed by atoms with Gasteiger partial charge in [0.25, 0.3) is 0 Å². The molecule has 6 heteroatoms. The van der Waals surface area contributed by atoms with Gasteiger partial charge in [0.15, 0.2) is 5.69 Å². The van der Waals surface area contributed by atoms with Crippen molar-refractivity contribution >= 4 is 22.8 Å². The Morgan fingerprint density at radius 2 is 2.20 bits per heavy atom. The van der Waals surface area contributed by atoms with Crippen molar-refractivity contribution in [3.8, 4) is 11.4 Å². The van der Waals surface area contributed by atoms with Gasteiger partial charge in [-0.3, -0.25) is 0 Å². The summed E-state index contributed by atoms with van der Waals surface area (Å²) in [4.78, 5) is 15.4. The van der Waals surface area contributed by atoms with Crippen LogP contribution in [-0.4, -0.2) is 25.7 Å². The van der Waals surface area contributed by atoms with Crippen LogP contribution in [0.5, 0.6) is 0 Å². The summed E-state index contributed by atoms with van der Waals surface area (Å²) < 4.78 is 1.67. The molecule has 3 aromatic heterocycles. The zero-order valence-corrected chi connectivity index (χ0v) is 11.3. The van der Waals surface area contributed by atoms with Crippen LogP contribution >= 0.6 is 11.3 Å². The van der Waals surface area contributed by atoms with E-state index in [4.69, 9.17) is 5.11 Å². The second-order valence-electron chi connectivity index (χ2n) is 4.99. The number of thiazole rings is 1. The fourth-order valence-electron chi connectivity index (χ4n) is 2.40. The third-order valence-electron chi connectivity index (χ3n) is 3.55. The molecule has 5 nitrogen and oxygen atoms in total. The lowest BCUT2D eigenvalue weighted by molar-refractivity contribution is 0.0690. The van der Waals surface area contributed by atoms with E-state index in [2.05, 4.69) is 16.1 Å². The molecule has 0 aromatic carbocycles. The van der Waals surface area contributed by atoms with Gasteiger partial charge in [-0.1, -0.05) is 0 Å². The molecule has 0 aliphatic heterocycles. The van der Waals surface area contributed by atoms with E-state index in [-0.39, 0.29) is 5.69 Å². The monoisotopic (exact) mass is 285 g/mol. The number of fused-ring (bicyclic) bond motifs is 1. The van der Waals surface area contributed by atoms with Gasteiger partial charge in [0, 0.05) is 5.38 Å². The van der Waals surface area contributed by atoms with Crippen LogP contribution in [-0.2, 0) is 0 Å². The summed E-state index contributed by atoms with van der Waals surface area (Å²) in [5, 5.41) is 15.2. The molecule has 0 radical (unpaired) electrons. The van der Waals surface area contributed by atoms with Crippen LogP contribution in [0.25, 0.3) is 16.9 Å². The summed E-state index contributed by atoms with van der Waals surface area (Å²) in [6.07, 6.45) is 2.40. The number of carboxylic acids is 1. The molecule has 1 aliphatic rings. The highest BCUT2D eigenvalue weighted by Crippen LogP contribution is 2.41. The van der Waals surface area contributed by atoms with Crippen LogP contribution in [0, 0.1) is 0 Å².